The van der Waals surface area contributed by atoms with Crippen LogP contribution in [0.2, 0.25) is 0 Å². The van der Waals surface area contributed by atoms with Crippen molar-refractivity contribution < 1.29 is 0 Å². The molecule has 4 heterocycles. The topological polar surface area (TPSA) is 32.3 Å². The van der Waals surface area contributed by atoms with Crippen LogP contribution in [0, 0.1) is 0 Å². The van der Waals surface area contributed by atoms with E-state index in [0.717, 1.165) is 49.2 Å². The first-order valence-corrected chi connectivity index (χ1v) is 8.34. The van der Waals surface area contributed by atoms with Crippen LogP contribution in [0.1, 0.15) is 25.7 Å². The number of rotatable bonds is 3. The highest BCUT2D eigenvalue weighted by Crippen LogP contribution is 2.25. The fourth-order valence-electron chi connectivity index (χ4n) is 3.38. The number of anilines is 2. The molecule has 22 heavy (non-hydrogen) atoms. The zero-order valence-corrected chi connectivity index (χ0v) is 12.9. The fourth-order valence-corrected chi connectivity index (χ4v) is 3.38. The molecule has 4 rings (SSSR count). The molecule has 0 radical (unpaired) electrons. The van der Waals surface area contributed by atoms with Gasteiger partial charge in [0.2, 0.25) is 0 Å². The van der Waals surface area contributed by atoms with E-state index in [0.29, 0.717) is 0 Å². The number of pyridine rings is 2. The first-order valence-electron chi connectivity index (χ1n) is 8.34. The first kappa shape index (κ1) is 13.6. The molecule has 0 saturated carbocycles. The molecule has 2 aliphatic heterocycles. The van der Waals surface area contributed by atoms with Gasteiger partial charge in [-0.05, 0) is 49.9 Å². The van der Waals surface area contributed by atoms with E-state index >= 15 is 0 Å². The van der Waals surface area contributed by atoms with Crippen LogP contribution < -0.4 is 9.80 Å². The van der Waals surface area contributed by atoms with Gasteiger partial charge in [-0.15, -0.1) is 0 Å². The second kappa shape index (κ2) is 5.95. The molecule has 2 aliphatic rings. The van der Waals surface area contributed by atoms with Gasteiger partial charge >= 0.3 is 0 Å². The Kier molecular flexibility index (Phi) is 3.67. The molecular weight excluding hydrogens is 272 g/mol. The average Bonchev–Trinajstić information content (AvgIpc) is 3.29. The van der Waals surface area contributed by atoms with Crippen LogP contribution in [0.4, 0.5) is 11.6 Å². The summed E-state index contributed by atoms with van der Waals surface area (Å²) < 4.78 is 0. The molecule has 0 unspecified atom stereocenters. The van der Waals surface area contributed by atoms with Gasteiger partial charge in [-0.1, -0.05) is 12.1 Å². The van der Waals surface area contributed by atoms with Crippen molar-refractivity contribution in [1.82, 2.24) is 9.97 Å². The largest absolute Gasteiger partial charge is 0.357 e. The molecule has 0 aliphatic carbocycles. The van der Waals surface area contributed by atoms with E-state index in [-0.39, 0.29) is 0 Å². The summed E-state index contributed by atoms with van der Waals surface area (Å²) in [6.07, 6.45) is 5.09. The van der Waals surface area contributed by atoms with E-state index < -0.39 is 0 Å². The minimum absolute atomic E-state index is 0.977. The molecule has 0 aromatic carbocycles. The fraction of sp³-hybridized carbons (Fsp3) is 0.444. The molecule has 0 atom stereocenters. The smallest absolute Gasteiger partial charge is 0.129 e. The Hall–Kier alpha value is -2.10. The van der Waals surface area contributed by atoms with Crippen LogP contribution in [-0.2, 0) is 0 Å². The van der Waals surface area contributed by atoms with Crippen molar-refractivity contribution in [3.8, 4) is 11.4 Å². The van der Waals surface area contributed by atoms with E-state index in [1.807, 2.05) is 0 Å². The quantitative estimate of drug-likeness (QED) is 0.869. The van der Waals surface area contributed by atoms with Crippen molar-refractivity contribution >= 4 is 11.6 Å². The monoisotopic (exact) mass is 294 g/mol. The van der Waals surface area contributed by atoms with Gasteiger partial charge in [-0.2, -0.15) is 0 Å². The lowest BCUT2D eigenvalue weighted by atomic mass is 10.2. The molecular formula is C18H22N4. The average molecular weight is 294 g/mol. The van der Waals surface area contributed by atoms with Crippen molar-refractivity contribution in [1.29, 1.82) is 0 Å². The Balaban J connectivity index is 1.63. The van der Waals surface area contributed by atoms with Gasteiger partial charge in [0.25, 0.3) is 0 Å². The molecule has 4 heteroatoms. The molecule has 114 valence electrons. The second-order valence-electron chi connectivity index (χ2n) is 6.15. The third kappa shape index (κ3) is 2.65. The van der Waals surface area contributed by atoms with E-state index in [9.17, 15) is 0 Å². The van der Waals surface area contributed by atoms with Crippen molar-refractivity contribution in [3.63, 3.8) is 0 Å². The summed E-state index contributed by atoms with van der Waals surface area (Å²) in [4.78, 5) is 14.4. The summed E-state index contributed by atoms with van der Waals surface area (Å²) in [5, 5.41) is 0. The molecule has 2 fully saturated rings. The van der Waals surface area contributed by atoms with Crippen molar-refractivity contribution in [2.75, 3.05) is 36.0 Å². The third-order valence-electron chi connectivity index (χ3n) is 4.59. The van der Waals surface area contributed by atoms with Crippen LogP contribution in [0.15, 0.2) is 36.4 Å². The molecule has 2 saturated heterocycles. The zero-order valence-electron chi connectivity index (χ0n) is 12.9. The first-order chi connectivity index (χ1) is 10.9. The molecule has 2 aromatic rings. The number of hydrogen-bond acceptors (Lipinski definition) is 4. The summed E-state index contributed by atoms with van der Waals surface area (Å²) >= 11 is 0. The summed E-state index contributed by atoms with van der Waals surface area (Å²) in [6, 6.07) is 12.5. The Morgan fingerprint density at radius 1 is 0.591 bits per heavy atom. The molecule has 0 N–H and O–H groups in total. The normalized spacial score (nSPS) is 18.2. The molecule has 0 amide bonds. The highest BCUT2D eigenvalue weighted by Gasteiger charge is 2.16. The van der Waals surface area contributed by atoms with Gasteiger partial charge in [0.15, 0.2) is 0 Å². The highest BCUT2D eigenvalue weighted by atomic mass is 15.2. The Bertz CT molecular complexity index is 586. The van der Waals surface area contributed by atoms with E-state index in [1.165, 1.54) is 25.7 Å². The lowest BCUT2D eigenvalue weighted by molar-refractivity contribution is 0.930. The molecule has 0 bridgehead atoms. The maximum Gasteiger partial charge on any atom is 0.129 e. The van der Waals surface area contributed by atoms with E-state index in [2.05, 4.69) is 46.2 Å². The van der Waals surface area contributed by atoms with Gasteiger partial charge in [0.1, 0.15) is 11.6 Å². The van der Waals surface area contributed by atoms with Gasteiger partial charge in [-0.25, -0.2) is 9.97 Å². The standard InChI is InChI=1S/C18H22N4/c1-2-12-21(11-1)17-9-5-7-15(19-17)16-8-6-10-18(20-16)22-13-3-4-14-22/h5-10H,1-4,11-14H2. The third-order valence-corrected chi connectivity index (χ3v) is 4.59. The van der Waals surface area contributed by atoms with Crippen LogP contribution in [-0.4, -0.2) is 36.1 Å². The Morgan fingerprint density at radius 2 is 1.00 bits per heavy atom. The summed E-state index contributed by atoms with van der Waals surface area (Å²) in [5.74, 6) is 2.17. The van der Waals surface area contributed by atoms with Gasteiger partial charge in [0.05, 0.1) is 11.4 Å². The molecule has 0 spiro atoms. The summed E-state index contributed by atoms with van der Waals surface area (Å²) in [5.41, 5.74) is 1.95. The van der Waals surface area contributed by atoms with Gasteiger partial charge in [0, 0.05) is 26.2 Å². The minimum atomic E-state index is 0.977. The summed E-state index contributed by atoms with van der Waals surface area (Å²) in [7, 11) is 0. The Morgan fingerprint density at radius 3 is 1.41 bits per heavy atom. The number of nitrogens with zero attached hydrogens (tertiary/aromatic N) is 4. The maximum atomic E-state index is 4.84. The highest BCUT2D eigenvalue weighted by molar-refractivity contribution is 5.60. The number of aromatic nitrogens is 2. The van der Waals surface area contributed by atoms with E-state index in [4.69, 9.17) is 9.97 Å². The van der Waals surface area contributed by atoms with Crippen LogP contribution in [0.25, 0.3) is 11.4 Å². The predicted molar refractivity (Wildman–Crippen MR) is 90.4 cm³/mol. The van der Waals surface area contributed by atoms with E-state index in [1.54, 1.807) is 0 Å². The minimum Gasteiger partial charge on any atom is -0.357 e. The second-order valence-corrected chi connectivity index (χ2v) is 6.15. The molecule has 2 aromatic heterocycles. The number of hydrogen-bond donors (Lipinski definition) is 0. The maximum absolute atomic E-state index is 4.84. The molecule has 4 nitrogen and oxygen atoms in total. The van der Waals surface area contributed by atoms with Gasteiger partial charge in [-0.3, -0.25) is 0 Å². The lowest BCUT2D eigenvalue weighted by Gasteiger charge is -2.18. The predicted octanol–water partition coefficient (Wildman–Crippen LogP) is 3.34. The SMILES string of the molecule is c1cc(-c2cccc(N3CCCC3)n2)nc(N2CCCC2)c1. The van der Waals surface area contributed by atoms with Crippen LogP contribution in [0.3, 0.4) is 0 Å². The zero-order chi connectivity index (χ0) is 14.8. The van der Waals surface area contributed by atoms with Crippen molar-refractivity contribution in [2.24, 2.45) is 0 Å². The van der Waals surface area contributed by atoms with Crippen LogP contribution in [0.5, 0.6) is 0 Å². The Labute approximate surface area is 131 Å². The van der Waals surface area contributed by atoms with Gasteiger partial charge < -0.3 is 9.80 Å². The van der Waals surface area contributed by atoms with Crippen LogP contribution >= 0.6 is 0 Å². The summed E-state index contributed by atoms with van der Waals surface area (Å²) in [6.45, 7) is 4.49. The van der Waals surface area contributed by atoms with Crippen molar-refractivity contribution in [3.05, 3.63) is 36.4 Å². The van der Waals surface area contributed by atoms with Crippen molar-refractivity contribution in [2.45, 2.75) is 25.7 Å². The lowest BCUT2D eigenvalue weighted by Crippen LogP contribution is -2.19.